The van der Waals surface area contributed by atoms with Gasteiger partial charge in [0.05, 0.1) is 17.0 Å². The van der Waals surface area contributed by atoms with Crippen molar-refractivity contribution in [2.24, 2.45) is 4.99 Å². The number of Topliss-reactive ketones (excluding diaryl/α,β-unsaturated/α-hetero) is 1. The van der Waals surface area contributed by atoms with Crippen LogP contribution >= 0.6 is 11.5 Å². The van der Waals surface area contributed by atoms with E-state index in [9.17, 15) is 4.79 Å². The molecule has 2 rings (SSSR count). The maximum absolute atomic E-state index is 12.1. The maximum Gasteiger partial charge on any atom is 0.210 e. The van der Waals surface area contributed by atoms with E-state index in [0.717, 1.165) is 18.5 Å². The fraction of sp³-hybridized carbons (Fsp3) is 0.533. The first-order chi connectivity index (χ1) is 9.33. The summed E-state index contributed by atoms with van der Waals surface area (Å²) < 4.78 is 4.19. The van der Waals surface area contributed by atoms with Gasteiger partial charge < -0.3 is 0 Å². The van der Waals surface area contributed by atoms with E-state index in [-0.39, 0.29) is 5.78 Å². The molecule has 2 heterocycles. The number of aliphatic imine (C=N–C) groups is 1. The molecule has 0 fully saturated rings. The van der Waals surface area contributed by atoms with Gasteiger partial charge in [-0.25, -0.2) is 0 Å². The number of rotatable bonds is 8. The van der Waals surface area contributed by atoms with Crippen molar-refractivity contribution in [2.75, 3.05) is 0 Å². The molecule has 0 amide bonds. The summed E-state index contributed by atoms with van der Waals surface area (Å²) in [6.07, 6.45) is 9.88. The van der Waals surface area contributed by atoms with Crippen LogP contribution in [0.2, 0.25) is 0 Å². The monoisotopic (exact) mass is 276 g/mol. The Morgan fingerprint density at radius 2 is 1.95 bits per heavy atom. The second-order valence-corrected chi connectivity index (χ2v) is 5.52. The minimum absolute atomic E-state index is 0.0689. The quantitative estimate of drug-likeness (QED) is 0.666. The standard InChI is InChI=1S/C15H20N2OS/c1-2-3-4-5-6-7-8-14-15(18)12(11-16-14)13-9-10-19-17-13/h9-11H,2-8H2,1H3. The molecule has 0 saturated heterocycles. The van der Waals surface area contributed by atoms with Crippen LogP contribution in [-0.4, -0.2) is 15.9 Å². The van der Waals surface area contributed by atoms with Gasteiger partial charge in [0, 0.05) is 11.6 Å². The molecular formula is C15H20N2OS. The maximum atomic E-state index is 12.1. The second kappa shape index (κ2) is 7.34. The number of ketones is 1. The Balaban J connectivity index is 1.72. The number of nitrogens with zero attached hydrogens (tertiary/aromatic N) is 2. The number of unbranched alkanes of at least 4 members (excludes halogenated alkanes) is 5. The number of allylic oxidation sites excluding steroid dienone is 1. The van der Waals surface area contributed by atoms with Crippen LogP contribution in [-0.2, 0) is 4.79 Å². The highest BCUT2D eigenvalue weighted by atomic mass is 32.1. The van der Waals surface area contributed by atoms with Crippen LogP contribution < -0.4 is 0 Å². The Morgan fingerprint density at radius 1 is 1.16 bits per heavy atom. The fourth-order valence-electron chi connectivity index (χ4n) is 2.20. The lowest BCUT2D eigenvalue weighted by molar-refractivity contribution is -0.108. The van der Waals surface area contributed by atoms with Crippen LogP contribution in [0.3, 0.4) is 0 Å². The van der Waals surface area contributed by atoms with Gasteiger partial charge in [-0.2, -0.15) is 4.37 Å². The Labute approximate surface area is 118 Å². The molecule has 0 radical (unpaired) electrons. The number of carbonyl (C=O) groups excluding carboxylic acids is 1. The van der Waals surface area contributed by atoms with Crippen LogP contribution in [0.15, 0.2) is 22.6 Å². The molecule has 0 spiro atoms. The van der Waals surface area contributed by atoms with E-state index in [0.29, 0.717) is 11.3 Å². The molecule has 1 aromatic heterocycles. The molecule has 1 aliphatic heterocycles. The van der Waals surface area contributed by atoms with Crippen LogP contribution in [0.4, 0.5) is 0 Å². The lowest BCUT2D eigenvalue weighted by Crippen LogP contribution is -2.11. The molecule has 1 aliphatic rings. The van der Waals surface area contributed by atoms with E-state index in [1.165, 1.54) is 43.6 Å². The molecule has 0 atom stereocenters. The highest BCUT2D eigenvalue weighted by Gasteiger charge is 2.23. The minimum atomic E-state index is 0.0689. The summed E-state index contributed by atoms with van der Waals surface area (Å²) in [6.45, 7) is 2.22. The third-order valence-electron chi connectivity index (χ3n) is 3.34. The van der Waals surface area contributed by atoms with Gasteiger partial charge in [-0.15, -0.1) is 0 Å². The van der Waals surface area contributed by atoms with Crippen molar-refractivity contribution >= 4 is 28.6 Å². The third-order valence-corrected chi connectivity index (χ3v) is 3.90. The summed E-state index contributed by atoms with van der Waals surface area (Å²) in [4.78, 5) is 16.4. The summed E-state index contributed by atoms with van der Waals surface area (Å²) in [5.74, 6) is 0.0689. The molecule has 0 aromatic carbocycles. The van der Waals surface area contributed by atoms with Gasteiger partial charge in [0.25, 0.3) is 0 Å². The highest BCUT2D eigenvalue weighted by molar-refractivity contribution is 7.03. The Morgan fingerprint density at radius 3 is 2.68 bits per heavy atom. The molecule has 3 nitrogen and oxygen atoms in total. The van der Waals surface area contributed by atoms with Crippen molar-refractivity contribution in [3.63, 3.8) is 0 Å². The molecule has 0 unspecified atom stereocenters. The van der Waals surface area contributed by atoms with Gasteiger partial charge in [-0.1, -0.05) is 39.0 Å². The summed E-state index contributed by atoms with van der Waals surface area (Å²) in [5.41, 5.74) is 2.12. The SMILES string of the molecule is CCCCCCCCC1=NC=C(c2ccsn2)C1=O. The zero-order valence-corrected chi connectivity index (χ0v) is 12.2. The average molecular weight is 276 g/mol. The molecule has 0 aliphatic carbocycles. The van der Waals surface area contributed by atoms with E-state index in [1.54, 1.807) is 6.20 Å². The zero-order valence-electron chi connectivity index (χ0n) is 11.4. The lowest BCUT2D eigenvalue weighted by Gasteiger charge is -2.01. The summed E-state index contributed by atoms with van der Waals surface area (Å²) in [7, 11) is 0. The van der Waals surface area contributed by atoms with Gasteiger partial charge in [0.1, 0.15) is 0 Å². The van der Waals surface area contributed by atoms with Crippen LogP contribution in [0.25, 0.3) is 5.57 Å². The van der Waals surface area contributed by atoms with Gasteiger partial charge in [-0.05, 0) is 30.4 Å². The number of aromatic nitrogens is 1. The molecule has 0 saturated carbocycles. The molecule has 0 N–H and O–H groups in total. The summed E-state index contributed by atoms with van der Waals surface area (Å²) >= 11 is 1.36. The smallest absolute Gasteiger partial charge is 0.210 e. The zero-order chi connectivity index (χ0) is 13.5. The first kappa shape index (κ1) is 14.1. The predicted molar refractivity (Wildman–Crippen MR) is 80.5 cm³/mol. The number of hydrogen-bond acceptors (Lipinski definition) is 4. The average Bonchev–Trinajstić information content (AvgIpc) is 3.04. The van der Waals surface area contributed by atoms with Crippen LogP contribution in [0, 0.1) is 0 Å². The Bertz CT molecular complexity index is 474. The first-order valence-corrected chi connectivity index (χ1v) is 7.89. The van der Waals surface area contributed by atoms with Crippen molar-refractivity contribution in [3.05, 3.63) is 23.3 Å². The number of carbonyl (C=O) groups is 1. The highest BCUT2D eigenvalue weighted by Crippen LogP contribution is 2.22. The Kier molecular flexibility index (Phi) is 5.45. The molecule has 4 heteroatoms. The van der Waals surface area contributed by atoms with Crippen LogP contribution in [0.5, 0.6) is 0 Å². The molecule has 102 valence electrons. The fourth-order valence-corrected chi connectivity index (χ4v) is 2.72. The number of hydrogen-bond donors (Lipinski definition) is 0. The van der Waals surface area contributed by atoms with E-state index < -0.39 is 0 Å². The molecule has 0 bridgehead atoms. The van der Waals surface area contributed by atoms with E-state index in [2.05, 4.69) is 16.3 Å². The van der Waals surface area contributed by atoms with E-state index in [1.807, 2.05) is 11.4 Å². The lowest BCUT2D eigenvalue weighted by atomic mass is 10.0. The van der Waals surface area contributed by atoms with Crippen molar-refractivity contribution in [1.82, 2.24) is 4.37 Å². The third kappa shape index (κ3) is 3.83. The van der Waals surface area contributed by atoms with Gasteiger partial charge in [0.2, 0.25) is 5.78 Å². The summed E-state index contributed by atoms with van der Waals surface area (Å²) in [5, 5.41) is 1.88. The summed E-state index contributed by atoms with van der Waals surface area (Å²) in [6, 6.07) is 1.87. The van der Waals surface area contributed by atoms with Crippen molar-refractivity contribution in [2.45, 2.75) is 51.9 Å². The Hall–Kier alpha value is -1.29. The second-order valence-electron chi connectivity index (χ2n) is 4.85. The van der Waals surface area contributed by atoms with E-state index >= 15 is 0 Å². The topological polar surface area (TPSA) is 42.3 Å². The molecule has 19 heavy (non-hydrogen) atoms. The van der Waals surface area contributed by atoms with Gasteiger partial charge in [-0.3, -0.25) is 9.79 Å². The normalized spacial score (nSPS) is 14.7. The molecule has 1 aromatic rings. The largest absolute Gasteiger partial charge is 0.287 e. The van der Waals surface area contributed by atoms with Crippen LogP contribution in [0.1, 0.15) is 57.6 Å². The van der Waals surface area contributed by atoms with E-state index in [4.69, 9.17) is 0 Å². The minimum Gasteiger partial charge on any atom is -0.287 e. The van der Waals surface area contributed by atoms with Gasteiger partial charge in [0.15, 0.2) is 0 Å². The van der Waals surface area contributed by atoms with Crippen molar-refractivity contribution in [1.29, 1.82) is 0 Å². The predicted octanol–water partition coefficient (Wildman–Crippen LogP) is 4.26. The van der Waals surface area contributed by atoms with Crippen molar-refractivity contribution in [3.8, 4) is 0 Å². The first-order valence-electron chi connectivity index (χ1n) is 7.05. The molecular weight excluding hydrogens is 256 g/mol. The van der Waals surface area contributed by atoms with Crippen molar-refractivity contribution < 1.29 is 4.79 Å². The van der Waals surface area contributed by atoms with Gasteiger partial charge >= 0.3 is 0 Å².